The number of nitrogens with one attached hydrogen (secondary N) is 1. The molecule has 20 heavy (non-hydrogen) atoms. The number of carbonyl (C=O) groups excluding carboxylic acids is 1. The lowest BCUT2D eigenvalue weighted by Gasteiger charge is -2.03. The Morgan fingerprint density at radius 2 is 2.25 bits per heavy atom. The van der Waals surface area contributed by atoms with Gasteiger partial charge in [0.25, 0.3) is 5.91 Å². The second-order valence-electron chi connectivity index (χ2n) is 4.34. The molecule has 6 heteroatoms. The zero-order valence-electron chi connectivity index (χ0n) is 11.4. The summed E-state index contributed by atoms with van der Waals surface area (Å²) in [6, 6.07) is 5.96. The van der Waals surface area contributed by atoms with Gasteiger partial charge in [-0.1, -0.05) is 0 Å². The smallest absolute Gasteiger partial charge is 0.254 e. The summed E-state index contributed by atoms with van der Waals surface area (Å²) in [7, 11) is 0. The number of hydrogen-bond acceptors (Lipinski definition) is 4. The summed E-state index contributed by atoms with van der Waals surface area (Å²) in [5.74, 6) is 3.27. The van der Waals surface area contributed by atoms with E-state index in [1.165, 1.54) is 4.88 Å². The molecule has 1 N–H and O–H groups in total. The number of furan rings is 1. The van der Waals surface area contributed by atoms with Gasteiger partial charge < -0.3 is 9.73 Å². The largest absolute Gasteiger partial charge is 0.466 e. The third kappa shape index (κ3) is 4.40. The van der Waals surface area contributed by atoms with Crippen molar-refractivity contribution in [2.24, 2.45) is 0 Å². The first kappa shape index (κ1) is 15.7. The quantitative estimate of drug-likeness (QED) is 0.763. The van der Waals surface area contributed by atoms with E-state index in [9.17, 15) is 4.79 Å². The van der Waals surface area contributed by atoms with E-state index in [1.54, 1.807) is 17.4 Å². The maximum absolute atomic E-state index is 11.9. The van der Waals surface area contributed by atoms with Gasteiger partial charge in [0.1, 0.15) is 11.5 Å². The van der Waals surface area contributed by atoms with Crippen LogP contribution in [0.5, 0.6) is 0 Å². The molecule has 0 aromatic carbocycles. The van der Waals surface area contributed by atoms with Crippen LogP contribution in [0.1, 0.15) is 26.8 Å². The number of carbonyl (C=O) groups is 1. The second-order valence-corrected chi connectivity index (χ2v) is 7.99. The first-order valence-electron chi connectivity index (χ1n) is 6.23. The molecule has 0 aliphatic rings. The number of aryl methyl sites for hydroxylation is 2. The summed E-state index contributed by atoms with van der Waals surface area (Å²) in [5, 5.41) is 2.92. The van der Waals surface area contributed by atoms with Gasteiger partial charge in [-0.3, -0.25) is 4.79 Å². The highest BCUT2D eigenvalue weighted by Crippen LogP contribution is 2.25. The molecule has 0 radical (unpaired) electrons. The van der Waals surface area contributed by atoms with Gasteiger partial charge >= 0.3 is 0 Å². The average Bonchev–Trinajstić information content (AvgIpc) is 2.94. The Balaban J connectivity index is 1.68. The van der Waals surface area contributed by atoms with E-state index in [0.717, 1.165) is 21.1 Å². The lowest BCUT2D eigenvalue weighted by Crippen LogP contribution is -2.25. The van der Waals surface area contributed by atoms with Crippen molar-refractivity contribution in [2.45, 2.75) is 19.6 Å². The van der Waals surface area contributed by atoms with Crippen molar-refractivity contribution in [1.29, 1.82) is 0 Å². The number of thioether (sulfide) groups is 1. The monoisotopic (exact) mass is 373 g/mol. The zero-order valence-corrected chi connectivity index (χ0v) is 14.6. The van der Waals surface area contributed by atoms with E-state index in [2.05, 4.69) is 33.4 Å². The topological polar surface area (TPSA) is 42.2 Å². The highest BCUT2D eigenvalue weighted by atomic mass is 79.9. The lowest BCUT2D eigenvalue weighted by atomic mass is 10.2. The number of amides is 1. The van der Waals surface area contributed by atoms with E-state index in [-0.39, 0.29) is 5.91 Å². The highest BCUT2D eigenvalue weighted by molar-refractivity contribution is 9.11. The summed E-state index contributed by atoms with van der Waals surface area (Å²) in [6.07, 6.45) is 0. The van der Waals surface area contributed by atoms with E-state index >= 15 is 0 Å². The van der Waals surface area contributed by atoms with Crippen LogP contribution >= 0.6 is 39.0 Å². The summed E-state index contributed by atoms with van der Waals surface area (Å²) in [4.78, 5) is 13.3. The Kier molecular flexibility index (Phi) is 5.74. The molecule has 2 aromatic heterocycles. The average molecular weight is 374 g/mol. The Morgan fingerprint density at radius 3 is 2.85 bits per heavy atom. The first-order chi connectivity index (χ1) is 9.56. The number of rotatable bonds is 6. The minimum atomic E-state index is -0.0566. The molecule has 0 saturated heterocycles. The fourth-order valence-electron chi connectivity index (χ4n) is 1.79. The molecule has 3 nitrogen and oxygen atoms in total. The van der Waals surface area contributed by atoms with Crippen molar-refractivity contribution in [1.82, 2.24) is 5.32 Å². The SMILES string of the molecule is Cc1cc(C(=O)NCCSCc2ccc(Br)s2)c(C)o1. The highest BCUT2D eigenvalue weighted by Gasteiger charge is 2.12. The van der Waals surface area contributed by atoms with E-state index in [4.69, 9.17) is 4.42 Å². The van der Waals surface area contributed by atoms with Crippen LogP contribution in [0.25, 0.3) is 0 Å². The molecule has 2 rings (SSSR count). The van der Waals surface area contributed by atoms with Gasteiger partial charge in [0, 0.05) is 22.9 Å². The number of hydrogen-bond donors (Lipinski definition) is 1. The van der Waals surface area contributed by atoms with Crippen molar-refractivity contribution >= 4 is 44.9 Å². The van der Waals surface area contributed by atoms with Gasteiger partial charge in [0.15, 0.2) is 0 Å². The van der Waals surface area contributed by atoms with Gasteiger partial charge in [-0.05, 0) is 48.0 Å². The Bertz CT molecular complexity index is 592. The van der Waals surface area contributed by atoms with Crippen LogP contribution in [0, 0.1) is 13.8 Å². The maximum atomic E-state index is 11.9. The Morgan fingerprint density at radius 1 is 1.45 bits per heavy atom. The minimum absolute atomic E-state index is 0.0566. The van der Waals surface area contributed by atoms with Gasteiger partial charge in [-0.15, -0.1) is 11.3 Å². The molecule has 2 heterocycles. The molecule has 1 amide bonds. The van der Waals surface area contributed by atoms with Crippen LogP contribution in [0.15, 0.2) is 26.4 Å². The fraction of sp³-hybridized carbons (Fsp3) is 0.357. The molecule has 2 aromatic rings. The van der Waals surface area contributed by atoms with Crippen LogP contribution in [0.2, 0.25) is 0 Å². The van der Waals surface area contributed by atoms with Crippen LogP contribution in [0.3, 0.4) is 0 Å². The van der Waals surface area contributed by atoms with Gasteiger partial charge in [0.05, 0.1) is 9.35 Å². The molecular formula is C14H16BrNO2S2. The predicted molar refractivity (Wildman–Crippen MR) is 88.7 cm³/mol. The summed E-state index contributed by atoms with van der Waals surface area (Å²) < 4.78 is 6.51. The third-order valence-electron chi connectivity index (χ3n) is 2.69. The van der Waals surface area contributed by atoms with Crippen molar-refractivity contribution in [3.63, 3.8) is 0 Å². The minimum Gasteiger partial charge on any atom is -0.466 e. The van der Waals surface area contributed by atoms with Gasteiger partial charge in [-0.25, -0.2) is 0 Å². The Labute approximate surface area is 135 Å². The fourth-order valence-corrected chi connectivity index (χ4v) is 4.24. The molecule has 0 saturated carbocycles. The maximum Gasteiger partial charge on any atom is 0.254 e. The summed E-state index contributed by atoms with van der Waals surface area (Å²) >= 11 is 7.02. The van der Waals surface area contributed by atoms with Gasteiger partial charge in [-0.2, -0.15) is 11.8 Å². The molecule has 0 bridgehead atoms. The van der Waals surface area contributed by atoms with Gasteiger partial charge in [0.2, 0.25) is 0 Å². The standard InChI is InChI=1S/C14H16BrNO2S2/c1-9-7-12(10(2)18-9)14(17)16-5-6-19-8-11-3-4-13(15)20-11/h3-4,7H,5-6,8H2,1-2H3,(H,16,17). The molecular weight excluding hydrogens is 358 g/mol. The molecule has 108 valence electrons. The normalized spacial score (nSPS) is 10.8. The zero-order chi connectivity index (χ0) is 14.5. The lowest BCUT2D eigenvalue weighted by molar-refractivity contribution is 0.0954. The molecule has 0 aliphatic carbocycles. The number of thiophene rings is 1. The van der Waals surface area contributed by atoms with E-state index in [0.29, 0.717) is 17.9 Å². The first-order valence-corrected chi connectivity index (χ1v) is 9.00. The molecule has 0 spiro atoms. The van der Waals surface area contributed by atoms with Crippen LogP contribution < -0.4 is 5.32 Å². The molecule has 0 atom stereocenters. The third-order valence-corrected chi connectivity index (χ3v) is 5.51. The number of halogens is 1. The summed E-state index contributed by atoms with van der Waals surface area (Å²) in [5.41, 5.74) is 0.634. The van der Waals surface area contributed by atoms with Crippen molar-refractivity contribution < 1.29 is 9.21 Å². The van der Waals surface area contributed by atoms with E-state index in [1.807, 2.05) is 25.6 Å². The Hall–Kier alpha value is -0.720. The van der Waals surface area contributed by atoms with Crippen molar-refractivity contribution in [3.05, 3.63) is 43.9 Å². The summed E-state index contributed by atoms with van der Waals surface area (Å²) in [6.45, 7) is 4.32. The molecule has 0 unspecified atom stereocenters. The van der Waals surface area contributed by atoms with Crippen molar-refractivity contribution in [2.75, 3.05) is 12.3 Å². The molecule has 0 fully saturated rings. The van der Waals surface area contributed by atoms with Crippen LogP contribution in [-0.2, 0) is 5.75 Å². The van der Waals surface area contributed by atoms with E-state index < -0.39 is 0 Å². The predicted octanol–water partition coefficient (Wildman–Crippen LogP) is 4.38. The second kappa shape index (κ2) is 7.33. The van der Waals surface area contributed by atoms with Crippen molar-refractivity contribution in [3.8, 4) is 0 Å². The van der Waals surface area contributed by atoms with Crippen LogP contribution in [0.4, 0.5) is 0 Å². The van der Waals surface area contributed by atoms with Crippen LogP contribution in [-0.4, -0.2) is 18.2 Å². The molecule has 0 aliphatic heterocycles.